The smallest absolute Gasteiger partial charge is 0.150 e. The molecule has 0 saturated carbocycles. The quantitative estimate of drug-likeness (QED) is 0.800. The molecule has 1 fully saturated rings. The van der Waals surface area contributed by atoms with E-state index in [0.717, 1.165) is 6.54 Å². The van der Waals surface area contributed by atoms with Gasteiger partial charge in [-0.25, -0.2) is 4.39 Å². The van der Waals surface area contributed by atoms with Crippen molar-refractivity contribution in [3.8, 4) is 0 Å². The first-order valence-corrected chi connectivity index (χ1v) is 6.35. The lowest BCUT2D eigenvalue weighted by Crippen LogP contribution is -2.40. The number of hydrogen-bond donors (Lipinski definition) is 1. The Bertz CT molecular complexity index is 392. The molecule has 1 heterocycles. The number of likely N-dealkylation sites (tertiary alicyclic amines) is 1. The fourth-order valence-corrected chi connectivity index (χ4v) is 2.54. The zero-order valence-corrected chi connectivity index (χ0v) is 10.6. The first-order chi connectivity index (χ1) is 8.08. The Balaban J connectivity index is 2.11. The predicted molar refractivity (Wildman–Crippen MR) is 69.1 cm³/mol. The van der Waals surface area contributed by atoms with Crippen molar-refractivity contribution in [3.63, 3.8) is 0 Å². The largest absolute Gasteiger partial charge is 0.396 e. The van der Waals surface area contributed by atoms with E-state index in [1.54, 1.807) is 6.07 Å². The molecule has 1 aliphatic rings. The van der Waals surface area contributed by atoms with Gasteiger partial charge in [0.2, 0.25) is 0 Å². The Morgan fingerprint density at radius 1 is 1.35 bits per heavy atom. The third-order valence-electron chi connectivity index (χ3n) is 3.73. The van der Waals surface area contributed by atoms with Gasteiger partial charge in [-0.05, 0) is 31.7 Å². The SMILES string of the molecule is CC1CCC(C)N(Cc2cccc(N)c2F)C1. The highest BCUT2D eigenvalue weighted by molar-refractivity contribution is 5.42. The summed E-state index contributed by atoms with van der Waals surface area (Å²) in [5.41, 5.74) is 6.56. The number of nitrogens with zero attached hydrogens (tertiary/aromatic N) is 1. The average molecular weight is 236 g/mol. The second-order valence-corrected chi connectivity index (χ2v) is 5.28. The van der Waals surface area contributed by atoms with Crippen LogP contribution >= 0.6 is 0 Å². The summed E-state index contributed by atoms with van der Waals surface area (Å²) in [7, 11) is 0. The lowest BCUT2D eigenvalue weighted by Gasteiger charge is -2.36. The average Bonchev–Trinajstić information content (AvgIpc) is 2.30. The number of hydrogen-bond acceptors (Lipinski definition) is 2. The summed E-state index contributed by atoms with van der Waals surface area (Å²) in [5.74, 6) is 0.452. The van der Waals surface area contributed by atoms with Gasteiger partial charge >= 0.3 is 0 Å². The highest BCUT2D eigenvalue weighted by Gasteiger charge is 2.23. The summed E-state index contributed by atoms with van der Waals surface area (Å²) in [6.07, 6.45) is 2.47. The second-order valence-electron chi connectivity index (χ2n) is 5.28. The van der Waals surface area contributed by atoms with Crippen LogP contribution in [-0.4, -0.2) is 17.5 Å². The molecule has 2 atom stereocenters. The molecular formula is C14H21FN2. The number of piperidine rings is 1. The summed E-state index contributed by atoms with van der Waals surface area (Å²) in [4.78, 5) is 2.35. The second kappa shape index (κ2) is 5.05. The van der Waals surface area contributed by atoms with Crippen molar-refractivity contribution in [1.29, 1.82) is 0 Å². The highest BCUT2D eigenvalue weighted by Crippen LogP contribution is 2.24. The number of nitrogens with two attached hydrogens (primary N) is 1. The Labute approximate surface area is 103 Å². The molecule has 1 saturated heterocycles. The van der Waals surface area contributed by atoms with Crippen LogP contribution in [0, 0.1) is 11.7 Å². The van der Waals surface area contributed by atoms with E-state index in [0.29, 0.717) is 24.1 Å². The van der Waals surface area contributed by atoms with Crippen LogP contribution in [0.3, 0.4) is 0 Å². The molecule has 0 aromatic heterocycles. The van der Waals surface area contributed by atoms with Crippen molar-refractivity contribution in [2.24, 2.45) is 5.92 Å². The topological polar surface area (TPSA) is 29.3 Å². The van der Waals surface area contributed by atoms with Gasteiger partial charge in [0.25, 0.3) is 0 Å². The van der Waals surface area contributed by atoms with Crippen molar-refractivity contribution < 1.29 is 4.39 Å². The Morgan fingerprint density at radius 2 is 2.12 bits per heavy atom. The molecule has 17 heavy (non-hydrogen) atoms. The Kier molecular flexibility index (Phi) is 3.67. The number of nitrogen functional groups attached to an aromatic ring is 1. The summed E-state index contributed by atoms with van der Waals surface area (Å²) in [6.45, 7) is 6.20. The van der Waals surface area contributed by atoms with Gasteiger partial charge in [-0.1, -0.05) is 19.1 Å². The molecule has 2 nitrogen and oxygen atoms in total. The first kappa shape index (κ1) is 12.4. The number of anilines is 1. The molecule has 0 aliphatic carbocycles. The molecule has 0 bridgehead atoms. The molecular weight excluding hydrogens is 215 g/mol. The maximum absolute atomic E-state index is 13.8. The van der Waals surface area contributed by atoms with Gasteiger partial charge in [-0.3, -0.25) is 4.90 Å². The summed E-state index contributed by atoms with van der Waals surface area (Å²) in [6, 6.07) is 5.80. The molecule has 1 aliphatic heterocycles. The van der Waals surface area contributed by atoms with E-state index in [9.17, 15) is 4.39 Å². The van der Waals surface area contributed by atoms with E-state index in [1.165, 1.54) is 12.8 Å². The molecule has 1 aromatic carbocycles. The first-order valence-electron chi connectivity index (χ1n) is 6.35. The monoisotopic (exact) mass is 236 g/mol. The van der Waals surface area contributed by atoms with Crippen molar-refractivity contribution in [1.82, 2.24) is 4.90 Å². The molecule has 0 amide bonds. The molecule has 2 N–H and O–H groups in total. The van der Waals surface area contributed by atoms with Crippen LogP contribution in [-0.2, 0) is 6.54 Å². The molecule has 2 unspecified atom stereocenters. The highest BCUT2D eigenvalue weighted by atomic mass is 19.1. The van der Waals surface area contributed by atoms with Crippen LogP contribution in [0.1, 0.15) is 32.3 Å². The minimum Gasteiger partial charge on any atom is -0.396 e. The van der Waals surface area contributed by atoms with Gasteiger partial charge in [0.05, 0.1) is 5.69 Å². The van der Waals surface area contributed by atoms with Crippen LogP contribution in [0.5, 0.6) is 0 Å². The fraction of sp³-hybridized carbons (Fsp3) is 0.571. The van der Waals surface area contributed by atoms with E-state index in [1.807, 2.05) is 12.1 Å². The number of benzene rings is 1. The maximum atomic E-state index is 13.8. The lowest BCUT2D eigenvalue weighted by molar-refractivity contribution is 0.116. The summed E-state index contributed by atoms with van der Waals surface area (Å²) >= 11 is 0. The van der Waals surface area contributed by atoms with E-state index >= 15 is 0 Å². The van der Waals surface area contributed by atoms with Crippen LogP contribution < -0.4 is 5.73 Å². The molecule has 94 valence electrons. The Morgan fingerprint density at radius 3 is 2.88 bits per heavy atom. The molecule has 3 heteroatoms. The number of halogens is 1. The van der Waals surface area contributed by atoms with Crippen molar-refractivity contribution >= 4 is 5.69 Å². The number of rotatable bonds is 2. The minimum absolute atomic E-state index is 0.250. The van der Waals surface area contributed by atoms with Gasteiger partial charge in [0.1, 0.15) is 0 Å². The zero-order valence-electron chi connectivity index (χ0n) is 10.6. The maximum Gasteiger partial charge on any atom is 0.150 e. The van der Waals surface area contributed by atoms with E-state index in [4.69, 9.17) is 5.73 Å². The van der Waals surface area contributed by atoms with E-state index < -0.39 is 0 Å². The summed E-state index contributed by atoms with van der Waals surface area (Å²) < 4.78 is 13.8. The fourth-order valence-electron chi connectivity index (χ4n) is 2.54. The molecule has 0 radical (unpaired) electrons. The van der Waals surface area contributed by atoms with Crippen LogP contribution in [0.2, 0.25) is 0 Å². The van der Waals surface area contributed by atoms with Gasteiger partial charge < -0.3 is 5.73 Å². The van der Waals surface area contributed by atoms with Crippen LogP contribution in [0.4, 0.5) is 10.1 Å². The van der Waals surface area contributed by atoms with Gasteiger partial charge in [-0.15, -0.1) is 0 Å². The van der Waals surface area contributed by atoms with Gasteiger partial charge in [0, 0.05) is 24.7 Å². The minimum atomic E-state index is -0.252. The van der Waals surface area contributed by atoms with Crippen LogP contribution in [0.15, 0.2) is 18.2 Å². The van der Waals surface area contributed by atoms with Crippen molar-refractivity contribution in [2.75, 3.05) is 12.3 Å². The lowest BCUT2D eigenvalue weighted by atomic mass is 9.94. The Hall–Kier alpha value is -1.09. The zero-order chi connectivity index (χ0) is 12.4. The van der Waals surface area contributed by atoms with Crippen molar-refractivity contribution in [2.45, 2.75) is 39.3 Å². The van der Waals surface area contributed by atoms with Crippen LogP contribution in [0.25, 0.3) is 0 Å². The molecule has 1 aromatic rings. The van der Waals surface area contributed by atoms with E-state index in [-0.39, 0.29) is 11.5 Å². The van der Waals surface area contributed by atoms with Gasteiger partial charge in [0.15, 0.2) is 5.82 Å². The van der Waals surface area contributed by atoms with Crippen molar-refractivity contribution in [3.05, 3.63) is 29.6 Å². The predicted octanol–water partition coefficient (Wildman–Crippen LogP) is 3.03. The normalized spacial score (nSPS) is 26.1. The summed E-state index contributed by atoms with van der Waals surface area (Å²) in [5, 5.41) is 0. The van der Waals surface area contributed by atoms with E-state index in [2.05, 4.69) is 18.7 Å². The third-order valence-corrected chi connectivity index (χ3v) is 3.73. The third kappa shape index (κ3) is 2.78. The molecule has 2 rings (SSSR count). The molecule has 0 spiro atoms. The van der Waals surface area contributed by atoms with Gasteiger partial charge in [-0.2, -0.15) is 0 Å². The standard InChI is InChI=1S/C14H21FN2/c1-10-6-7-11(2)17(8-10)9-12-4-3-5-13(16)14(12)15/h3-5,10-11H,6-9,16H2,1-2H3.